The lowest BCUT2D eigenvalue weighted by Gasteiger charge is -2.15. The van der Waals surface area contributed by atoms with Crippen molar-refractivity contribution in [2.45, 2.75) is 32.8 Å². The lowest BCUT2D eigenvalue weighted by atomic mass is 9.91. The van der Waals surface area contributed by atoms with Gasteiger partial charge < -0.3 is 5.11 Å². The van der Waals surface area contributed by atoms with Crippen LogP contribution in [-0.2, 0) is 12.0 Å². The van der Waals surface area contributed by atoms with E-state index < -0.39 is 0 Å². The number of aromatic amines is 1. The summed E-state index contributed by atoms with van der Waals surface area (Å²) in [6.45, 7) is 5.92. The van der Waals surface area contributed by atoms with Crippen LogP contribution in [0.5, 0.6) is 0 Å². The van der Waals surface area contributed by atoms with Crippen LogP contribution in [0.25, 0.3) is 11.0 Å². The molecule has 5 nitrogen and oxygen atoms in total. The predicted molar refractivity (Wildman–Crippen MR) is 61.3 cm³/mol. The molecular formula is C10H13ClN4O. The first-order valence-electron chi connectivity index (χ1n) is 4.95. The largest absolute Gasteiger partial charge is 0.388 e. The van der Waals surface area contributed by atoms with Gasteiger partial charge in [-0.15, -0.1) is 0 Å². The molecule has 2 aromatic rings. The topological polar surface area (TPSA) is 74.7 Å². The Balaban J connectivity index is 2.75. The number of hydrogen-bond donors (Lipinski definition) is 2. The highest BCUT2D eigenvalue weighted by Crippen LogP contribution is 2.28. The zero-order chi connectivity index (χ0) is 11.9. The van der Waals surface area contributed by atoms with Crippen molar-refractivity contribution in [2.75, 3.05) is 0 Å². The van der Waals surface area contributed by atoms with Gasteiger partial charge in [-0.3, -0.25) is 5.10 Å². The van der Waals surface area contributed by atoms with Crippen LogP contribution in [0.4, 0.5) is 0 Å². The predicted octanol–water partition coefficient (Wildman–Crippen LogP) is 1.80. The van der Waals surface area contributed by atoms with Gasteiger partial charge in [0.15, 0.2) is 11.0 Å². The summed E-state index contributed by atoms with van der Waals surface area (Å²) < 4.78 is 0. The summed E-state index contributed by atoms with van der Waals surface area (Å²) in [7, 11) is 0. The third kappa shape index (κ3) is 1.76. The number of hydrogen-bond acceptors (Lipinski definition) is 4. The van der Waals surface area contributed by atoms with E-state index in [9.17, 15) is 0 Å². The number of rotatable bonds is 1. The molecule has 0 saturated heterocycles. The molecule has 0 atom stereocenters. The molecule has 16 heavy (non-hydrogen) atoms. The van der Waals surface area contributed by atoms with Crippen molar-refractivity contribution < 1.29 is 5.11 Å². The first-order chi connectivity index (χ1) is 7.43. The average Bonchev–Trinajstić information content (AvgIpc) is 2.60. The quantitative estimate of drug-likeness (QED) is 0.746. The first-order valence-corrected chi connectivity index (χ1v) is 5.33. The molecule has 0 aromatic carbocycles. The Hall–Kier alpha value is -1.20. The minimum atomic E-state index is -0.232. The lowest BCUT2D eigenvalue weighted by Crippen LogP contribution is -2.12. The summed E-state index contributed by atoms with van der Waals surface area (Å²) in [4.78, 5) is 8.18. The highest BCUT2D eigenvalue weighted by molar-refractivity contribution is 6.33. The fourth-order valence-corrected chi connectivity index (χ4v) is 1.73. The van der Waals surface area contributed by atoms with Gasteiger partial charge in [0.25, 0.3) is 0 Å². The molecule has 0 bridgehead atoms. The van der Waals surface area contributed by atoms with Crippen LogP contribution in [0.2, 0.25) is 5.15 Å². The molecule has 6 heteroatoms. The van der Waals surface area contributed by atoms with Gasteiger partial charge in [-0.2, -0.15) is 5.10 Å². The minimum Gasteiger partial charge on any atom is -0.388 e. The van der Waals surface area contributed by atoms with Crippen LogP contribution in [0.15, 0.2) is 0 Å². The Morgan fingerprint density at radius 2 is 1.94 bits per heavy atom. The van der Waals surface area contributed by atoms with E-state index in [2.05, 4.69) is 40.9 Å². The van der Waals surface area contributed by atoms with Gasteiger partial charge in [0.05, 0.1) is 5.69 Å². The molecule has 0 saturated carbocycles. The van der Waals surface area contributed by atoms with Gasteiger partial charge in [0, 0.05) is 5.41 Å². The maximum Gasteiger partial charge on any atom is 0.161 e. The summed E-state index contributed by atoms with van der Waals surface area (Å²) in [5, 5.41) is 16.3. The van der Waals surface area contributed by atoms with Gasteiger partial charge in [-0.25, -0.2) is 9.97 Å². The van der Waals surface area contributed by atoms with Gasteiger partial charge in [0.2, 0.25) is 0 Å². The zero-order valence-corrected chi connectivity index (χ0v) is 10.1. The van der Waals surface area contributed by atoms with E-state index in [1.165, 1.54) is 0 Å². The van der Waals surface area contributed by atoms with Crippen molar-refractivity contribution in [3.05, 3.63) is 16.7 Å². The summed E-state index contributed by atoms with van der Waals surface area (Å²) in [5.74, 6) is 0.310. The summed E-state index contributed by atoms with van der Waals surface area (Å²) in [6.07, 6.45) is 0. The van der Waals surface area contributed by atoms with Crippen molar-refractivity contribution in [2.24, 2.45) is 0 Å². The van der Waals surface area contributed by atoms with Crippen molar-refractivity contribution in [3.63, 3.8) is 0 Å². The molecule has 2 aromatic heterocycles. The van der Waals surface area contributed by atoms with Crippen LogP contribution in [-0.4, -0.2) is 25.3 Å². The normalized spacial score (nSPS) is 12.3. The van der Waals surface area contributed by atoms with E-state index >= 15 is 0 Å². The van der Waals surface area contributed by atoms with E-state index in [-0.39, 0.29) is 17.2 Å². The van der Waals surface area contributed by atoms with Gasteiger partial charge in [-0.05, 0) is 0 Å². The fraction of sp³-hybridized carbons (Fsp3) is 0.500. The monoisotopic (exact) mass is 240 g/mol. The Morgan fingerprint density at radius 1 is 1.25 bits per heavy atom. The van der Waals surface area contributed by atoms with Crippen molar-refractivity contribution in [1.82, 2.24) is 20.2 Å². The molecule has 0 aliphatic carbocycles. The molecule has 2 rings (SSSR count). The molecular weight excluding hydrogens is 228 g/mol. The fourth-order valence-electron chi connectivity index (χ4n) is 1.50. The molecule has 0 aliphatic heterocycles. The standard InChI is InChI=1S/C10H13ClN4O/c1-10(2,3)8-6-7(14-15-8)9(11)13-5(4-16)12-6/h16H,4H2,1-3H3,(H,14,15). The summed E-state index contributed by atoms with van der Waals surface area (Å²) in [5.41, 5.74) is 2.00. The molecule has 0 aliphatic rings. The first kappa shape index (κ1) is 11.3. The van der Waals surface area contributed by atoms with Gasteiger partial charge >= 0.3 is 0 Å². The number of halogens is 1. The molecule has 0 fully saturated rings. The number of aliphatic hydroxyl groups is 1. The van der Waals surface area contributed by atoms with Gasteiger partial charge in [-0.1, -0.05) is 32.4 Å². The third-order valence-corrected chi connectivity index (χ3v) is 2.56. The number of H-pyrrole nitrogens is 1. The molecule has 2 N–H and O–H groups in total. The number of nitrogens with one attached hydrogen (secondary N) is 1. The van der Waals surface area contributed by atoms with E-state index in [0.29, 0.717) is 16.9 Å². The SMILES string of the molecule is CC(C)(C)c1[nH]nc2c(Cl)nc(CO)nc12. The second-order valence-corrected chi connectivity index (χ2v) is 4.99. The van der Waals surface area contributed by atoms with E-state index in [0.717, 1.165) is 5.69 Å². The van der Waals surface area contributed by atoms with E-state index in [1.54, 1.807) is 0 Å². The second kappa shape index (κ2) is 3.68. The summed E-state index contributed by atoms with van der Waals surface area (Å²) in [6, 6.07) is 0. The molecule has 0 unspecified atom stereocenters. The van der Waals surface area contributed by atoms with E-state index in [4.69, 9.17) is 16.7 Å². The molecule has 0 radical (unpaired) electrons. The summed E-state index contributed by atoms with van der Waals surface area (Å²) >= 11 is 5.96. The van der Waals surface area contributed by atoms with E-state index in [1.807, 2.05) is 0 Å². The molecule has 0 spiro atoms. The smallest absolute Gasteiger partial charge is 0.161 e. The highest BCUT2D eigenvalue weighted by atomic mass is 35.5. The Bertz CT molecular complexity index is 529. The Labute approximate surface area is 97.9 Å². The van der Waals surface area contributed by atoms with Crippen molar-refractivity contribution in [3.8, 4) is 0 Å². The number of aromatic nitrogens is 4. The average molecular weight is 241 g/mol. The molecule has 2 heterocycles. The van der Waals surface area contributed by atoms with Crippen LogP contribution < -0.4 is 0 Å². The minimum absolute atomic E-state index is 0.112. The van der Waals surface area contributed by atoms with Crippen LogP contribution in [0.1, 0.15) is 32.3 Å². The molecule has 86 valence electrons. The second-order valence-electron chi connectivity index (χ2n) is 4.63. The maximum absolute atomic E-state index is 9.04. The maximum atomic E-state index is 9.04. The van der Waals surface area contributed by atoms with Crippen LogP contribution in [0, 0.1) is 0 Å². The molecule has 0 amide bonds. The van der Waals surface area contributed by atoms with Crippen molar-refractivity contribution >= 4 is 22.6 Å². The highest BCUT2D eigenvalue weighted by Gasteiger charge is 2.22. The van der Waals surface area contributed by atoms with Gasteiger partial charge in [0.1, 0.15) is 17.6 Å². The zero-order valence-electron chi connectivity index (χ0n) is 9.37. The van der Waals surface area contributed by atoms with Crippen molar-refractivity contribution in [1.29, 1.82) is 0 Å². The number of aliphatic hydroxyl groups excluding tert-OH is 1. The number of fused-ring (bicyclic) bond motifs is 1. The number of nitrogens with zero attached hydrogens (tertiary/aromatic N) is 3. The third-order valence-electron chi connectivity index (χ3n) is 2.30. The Kier molecular flexibility index (Phi) is 2.59. The Morgan fingerprint density at radius 3 is 2.50 bits per heavy atom. The van der Waals surface area contributed by atoms with Crippen LogP contribution in [0.3, 0.4) is 0 Å². The van der Waals surface area contributed by atoms with Crippen LogP contribution >= 0.6 is 11.6 Å². The lowest BCUT2D eigenvalue weighted by molar-refractivity contribution is 0.272.